The normalized spacial score (nSPS) is 18.4. The van der Waals surface area contributed by atoms with E-state index >= 15 is 0 Å². The quantitative estimate of drug-likeness (QED) is 0.528. The Morgan fingerprint density at radius 2 is 1.68 bits per heavy atom. The molecule has 1 aliphatic rings. The summed E-state index contributed by atoms with van der Waals surface area (Å²) in [6.07, 6.45) is 1.68. The van der Waals surface area contributed by atoms with E-state index in [9.17, 15) is 4.57 Å². The van der Waals surface area contributed by atoms with E-state index in [0.717, 1.165) is 25.9 Å². The molecular weight excluding hydrogens is 267 g/mol. The first-order valence-electron chi connectivity index (χ1n) is 6.97. The molecule has 1 rings (SSSR count). The maximum atomic E-state index is 12.4. The SMILES string of the molecule is CC(C)OP(=O)(OCNC1CCNCC1)OC(C)C. The molecule has 0 unspecified atom stereocenters. The highest BCUT2D eigenvalue weighted by Crippen LogP contribution is 2.51. The van der Waals surface area contributed by atoms with E-state index in [4.69, 9.17) is 13.6 Å². The molecule has 0 spiro atoms. The third kappa shape index (κ3) is 7.40. The van der Waals surface area contributed by atoms with Crippen molar-refractivity contribution in [3.05, 3.63) is 0 Å². The summed E-state index contributed by atoms with van der Waals surface area (Å²) in [5, 5.41) is 6.52. The van der Waals surface area contributed by atoms with Crippen molar-refractivity contribution < 1.29 is 18.1 Å². The first-order chi connectivity index (χ1) is 8.91. The van der Waals surface area contributed by atoms with E-state index in [-0.39, 0.29) is 18.9 Å². The van der Waals surface area contributed by atoms with Gasteiger partial charge in [0.05, 0.1) is 12.2 Å². The van der Waals surface area contributed by atoms with E-state index in [0.29, 0.717) is 6.04 Å². The summed E-state index contributed by atoms with van der Waals surface area (Å²) < 4.78 is 28.3. The molecule has 0 aromatic carbocycles. The zero-order valence-corrected chi connectivity index (χ0v) is 13.2. The van der Waals surface area contributed by atoms with E-state index in [1.807, 2.05) is 0 Å². The average Bonchev–Trinajstić information content (AvgIpc) is 2.27. The molecule has 1 heterocycles. The van der Waals surface area contributed by atoms with Crippen LogP contribution in [0.4, 0.5) is 0 Å². The molecule has 0 radical (unpaired) electrons. The minimum absolute atomic E-state index is 0.182. The highest BCUT2D eigenvalue weighted by Gasteiger charge is 2.29. The van der Waals surface area contributed by atoms with Crippen LogP contribution < -0.4 is 10.6 Å². The van der Waals surface area contributed by atoms with Crippen LogP contribution in [-0.2, 0) is 18.1 Å². The second kappa shape index (κ2) is 8.35. The van der Waals surface area contributed by atoms with Crippen LogP contribution in [0.3, 0.4) is 0 Å². The number of nitrogens with one attached hydrogen (secondary N) is 2. The van der Waals surface area contributed by atoms with Gasteiger partial charge in [-0.2, -0.15) is 0 Å². The van der Waals surface area contributed by atoms with Gasteiger partial charge in [-0.15, -0.1) is 0 Å². The van der Waals surface area contributed by atoms with Crippen molar-refractivity contribution in [2.75, 3.05) is 19.8 Å². The van der Waals surface area contributed by atoms with Crippen LogP contribution in [0.5, 0.6) is 0 Å². The highest BCUT2D eigenvalue weighted by molar-refractivity contribution is 7.48. The van der Waals surface area contributed by atoms with Gasteiger partial charge in [-0.25, -0.2) is 4.57 Å². The largest absolute Gasteiger partial charge is 0.476 e. The van der Waals surface area contributed by atoms with Gasteiger partial charge in [-0.1, -0.05) is 0 Å². The van der Waals surface area contributed by atoms with Crippen LogP contribution in [0.2, 0.25) is 0 Å². The van der Waals surface area contributed by atoms with Crippen molar-refractivity contribution >= 4 is 7.82 Å². The second-order valence-corrected chi connectivity index (χ2v) is 6.83. The van der Waals surface area contributed by atoms with E-state index in [1.165, 1.54) is 0 Å². The summed E-state index contributed by atoms with van der Waals surface area (Å²) in [7, 11) is -3.48. The molecular formula is C12H27N2O4P. The number of phosphoric ester groups is 1. The molecule has 1 fully saturated rings. The average molecular weight is 294 g/mol. The van der Waals surface area contributed by atoms with Crippen LogP contribution in [0, 0.1) is 0 Å². The zero-order chi connectivity index (χ0) is 14.3. The predicted octanol–water partition coefficient (Wildman–Crippen LogP) is 2.26. The monoisotopic (exact) mass is 294 g/mol. The van der Waals surface area contributed by atoms with Gasteiger partial charge in [-0.05, 0) is 53.6 Å². The molecule has 0 atom stereocenters. The molecule has 7 heteroatoms. The molecule has 2 N–H and O–H groups in total. The van der Waals surface area contributed by atoms with Crippen LogP contribution >= 0.6 is 7.82 Å². The maximum Gasteiger partial charge on any atom is 0.476 e. The van der Waals surface area contributed by atoms with Gasteiger partial charge in [0.15, 0.2) is 0 Å². The van der Waals surface area contributed by atoms with Gasteiger partial charge < -0.3 is 5.32 Å². The molecule has 0 amide bonds. The molecule has 0 aromatic heterocycles. The summed E-state index contributed by atoms with van der Waals surface area (Å²) in [6, 6.07) is 0.396. The number of rotatable bonds is 8. The standard InChI is InChI=1S/C12H27N2O4P/c1-10(2)17-19(15,18-11(3)4)16-9-14-12-5-7-13-8-6-12/h10-14H,5-9H2,1-4H3. The number of piperidine rings is 1. The Morgan fingerprint density at radius 3 is 2.16 bits per heavy atom. The lowest BCUT2D eigenvalue weighted by Gasteiger charge is -2.26. The van der Waals surface area contributed by atoms with Gasteiger partial charge in [0.2, 0.25) is 0 Å². The van der Waals surface area contributed by atoms with Crippen molar-refractivity contribution in [1.29, 1.82) is 0 Å². The smallest absolute Gasteiger partial charge is 0.317 e. The first kappa shape index (κ1) is 17.1. The Hall–Kier alpha value is 0.0300. The molecule has 1 saturated heterocycles. The predicted molar refractivity (Wildman–Crippen MR) is 75.0 cm³/mol. The summed E-state index contributed by atoms with van der Waals surface area (Å²) in [6.45, 7) is 9.40. The number of phosphoric acid groups is 1. The van der Waals surface area contributed by atoms with Crippen LogP contribution in [0.25, 0.3) is 0 Å². The van der Waals surface area contributed by atoms with Crippen molar-refractivity contribution in [2.24, 2.45) is 0 Å². The van der Waals surface area contributed by atoms with Gasteiger partial charge >= 0.3 is 7.82 Å². The Labute approximate surface area is 116 Å². The molecule has 0 aromatic rings. The topological polar surface area (TPSA) is 68.8 Å². The Bertz CT molecular complexity index is 279. The minimum Gasteiger partial charge on any atom is -0.317 e. The summed E-state index contributed by atoms with van der Waals surface area (Å²) in [5.74, 6) is 0. The Balaban J connectivity index is 2.36. The fourth-order valence-corrected chi connectivity index (χ4v) is 3.30. The van der Waals surface area contributed by atoms with Crippen molar-refractivity contribution in [3.8, 4) is 0 Å². The lowest BCUT2D eigenvalue weighted by molar-refractivity contribution is 0.0650. The lowest BCUT2D eigenvalue weighted by Crippen LogP contribution is -2.40. The number of hydrogen-bond acceptors (Lipinski definition) is 6. The third-order valence-corrected chi connectivity index (χ3v) is 4.42. The maximum absolute atomic E-state index is 12.4. The minimum atomic E-state index is -3.48. The van der Waals surface area contributed by atoms with E-state index in [1.54, 1.807) is 27.7 Å². The molecule has 114 valence electrons. The molecule has 19 heavy (non-hydrogen) atoms. The molecule has 0 saturated carbocycles. The number of hydrogen-bond donors (Lipinski definition) is 2. The van der Waals surface area contributed by atoms with Crippen LogP contribution in [-0.4, -0.2) is 38.1 Å². The fraction of sp³-hybridized carbons (Fsp3) is 1.00. The summed E-state index contributed by atoms with van der Waals surface area (Å²) >= 11 is 0. The van der Waals surface area contributed by atoms with Crippen molar-refractivity contribution in [3.63, 3.8) is 0 Å². The Kier molecular flexibility index (Phi) is 7.50. The molecule has 0 bridgehead atoms. The molecule has 6 nitrogen and oxygen atoms in total. The van der Waals surface area contributed by atoms with Crippen LogP contribution in [0.1, 0.15) is 40.5 Å². The summed E-state index contributed by atoms with van der Waals surface area (Å²) in [4.78, 5) is 0. The fourth-order valence-electron chi connectivity index (χ4n) is 1.86. The van der Waals surface area contributed by atoms with Crippen molar-refractivity contribution in [1.82, 2.24) is 10.6 Å². The van der Waals surface area contributed by atoms with Crippen molar-refractivity contribution in [2.45, 2.75) is 58.8 Å². The lowest BCUT2D eigenvalue weighted by atomic mass is 10.1. The van der Waals surface area contributed by atoms with Crippen LogP contribution in [0.15, 0.2) is 0 Å². The Morgan fingerprint density at radius 1 is 1.16 bits per heavy atom. The first-order valence-corrected chi connectivity index (χ1v) is 8.43. The third-order valence-electron chi connectivity index (χ3n) is 2.61. The second-order valence-electron chi connectivity index (χ2n) is 5.26. The zero-order valence-electron chi connectivity index (χ0n) is 12.3. The van der Waals surface area contributed by atoms with Gasteiger partial charge in [0.1, 0.15) is 6.73 Å². The molecule has 1 aliphatic heterocycles. The van der Waals surface area contributed by atoms with E-state index in [2.05, 4.69) is 10.6 Å². The van der Waals surface area contributed by atoms with E-state index < -0.39 is 7.82 Å². The van der Waals surface area contributed by atoms with Gasteiger partial charge in [0.25, 0.3) is 0 Å². The van der Waals surface area contributed by atoms with Gasteiger partial charge in [-0.3, -0.25) is 18.9 Å². The summed E-state index contributed by atoms with van der Waals surface area (Å²) in [5.41, 5.74) is 0. The van der Waals surface area contributed by atoms with Gasteiger partial charge in [0, 0.05) is 6.04 Å². The highest BCUT2D eigenvalue weighted by atomic mass is 31.2. The molecule has 0 aliphatic carbocycles.